The predicted molar refractivity (Wildman–Crippen MR) is 95.8 cm³/mol. The minimum absolute atomic E-state index is 0.393. The lowest BCUT2D eigenvalue weighted by Crippen LogP contribution is -2.25. The van der Waals surface area contributed by atoms with E-state index < -0.39 is 0 Å². The Morgan fingerprint density at radius 1 is 1.36 bits per heavy atom. The summed E-state index contributed by atoms with van der Waals surface area (Å²) in [6.07, 6.45) is 0. The second-order valence-electron chi connectivity index (χ2n) is 4.50. The van der Waals surface area contributed by atoms with Gasteiger partial charge in [0.05, 0.1) is 24.1 Å². The van der Waals surface area contributed by atoms with Gasteiger partial charge in [-0.05, 0) is 61.9 Å². The standard InChI is InChI=1S/C14H17N5OS2/c1-8(12-9(2)19-22-13(12)15)17-18-14(21)16-10-4-6-11(20-3)7-5-10/h4-7H,15H2,1-3H3,(H2,16,18,21)/b17-8-. The number of benzene rings is 1. The number of methoxy groups -OCH3 is 1. The molecule has 4 N–H and O–H groups in total. The van der Waals surface area contributed by atoms with Crippen molar-refractivity contribution in [3.05, 3.63) is 35.5 Å². The van der Waals surface area contributed by atoms with Gasteiger partial charge >= 0.3 is 0 Å². The molecular formula is C14H17N5OS2. The number of hydrogen-bond acceptors (Lipinski definition) is 6. The number of anilines is 2. The first-order valence-corrected chi connectivity index (χ1v) is 7.67. The molecule has 0 aliphatic heterocycles. The van der Waals surface area contributed by atoms with E-state index in [4.69, 9.17) is 22.7 Å². The lowest BCUT2D eigenvalue weighted by atomic mass is 10.2. The fraction of sp³-hybridized carbons (Fsp3) is 0.214. The van der Waals surface area contributed by atoms with Crippen LogP contribution in [0.3, 0.4) is 0 Å². The van der Waals surface area contributed by atoms with Crippen molar-refractivity contribution in [3.8, 4) is 5.75 Å². The minimum Gasteiger partial charge on any atom is -0.497 e. The van der Waals surface area contributed by atoms with Crippen molar-refractivity contribution in [2.24, 2.45) is 5.10 Å². The Kier molecular flexibility index (Phi) is 5.29. The number of hydrogen-bond donors (Lipinski definition) is 3. The van der Waals surface area contributed by atoms with Crippen LogP contribution in [0.2, 0.25) is 0 Å². The summed E-state index contributed by atoms with van der Waals surface area (Å²) in [6.45, 7) is 3.76. The summed E-state index contributed by atoms with van der Waals surface area (Å²) in [5.41, 5.74) is 12.0. The van der Waals surface area contributed by atoms with Gasteiger partial charge in [0.2, 0.25) is 0 Å². The Hall–Kier alpha value is -2.19. The van der Waals surface area contributed by atoms with Crippen molar-refractivity contribution in [1.29, 1.82) is 0 Å². The molecule has 0 bridgehead atoms. The Balaban J connectivity index is 1.98. The van der Waals surface area contributed by atoms with Crippen molar-refractivity contribution in [3.63, 3.8) is 0 Å². The van der Waals surface area contributed by atoms with Crippen molar-refractivity contribution in [1.82, 2.24) is 9.80 Å². The molecule has 0 atom stereocenters. The third kappa shape index (κ3) is 3.92. The van der Waals surface area contributed by atoms with Crippen LogP contribution in [0.1, 0.15) is 18.2 Å². The molecule has 8 heteroatoms. The van der Waals surface area contributed by atoms with Crippen molar-refractivity contribution in [2.75, 3.05) is 18.2 Å². The fourth-order valence-corrected chi connectivity index (χ4v) is 2.73. The first kappa shape index (κ1) is 16.2. The van der Waals surface area contributed by atoms with Crippen LogP contribution in [0.25, 0.3) is 0 Å². The topological polar surface area (TPSA) is 84.6 Å². The van der Waals surface area contributed by atoms with Gasteiger partial charge in [-0.25, -0.2) is 0 Å². The number of nitrogen functional groups attached to an aromatic ring is 1. The molecule has 22 heavy (non-hydrogen) atoms. The molecule has 0 unspecified atom stereocenters. The van der Waals surface area contributed by atoms with Gasteiger partial charge in [-0.2, -0.15) is 9.47 Å². The maximum atomic E-state index is 5.89. The van der Waals surface area contributed by atoms with Crippen LogP contribution in [-0.2, 0) is 0 Å². The number of thiocarbonyl (C=S) groups is 1. The number of aryl methyl sites for hydroxylation is 1. The van der Waals surface area contributed by atoms with Crippen LogP contribution >= 0.6 is 23.8 Å². The van der Waals surface area contributed by atoms with E-state index >= 15 is 0 Å². The minimum atomic E-state index is 0.393. The number of aromatic nitrogens is 1. The summed E-state index contributed by atoms with van der Waals surface area (Å²) in [5.74, 6) is 0.786. The van der Waals surface area contributed by atoms with E-state index in [0.29, 0.717) is 10.1 Å². The highest BCUT2D eigenvalue weighted by molar-refractivity contribution is 7.80. The van der Waals surface area contributed by atoms with Crippen molar-refractivity contribution in [2.45, 2.75) is 13.8 Å². The molecule has 1 aromatic heterocycles. The lowest BCUT2D eigenvalue weighted by Gasteiger charge is -2.08. The highest BCUT2D eigenvalue weighted by Crippen LogP contribution is 2.21. The SMILES string of the molecule is COc1ccc(NC(=S)N/N=C(/C)c2c(C)nsc2N)cc1. The van der Waals surface area contributed by atoms with Crippen LogP contribution in [0.4, 0.5) is 10.7 Å². The van der Waals surface area contributed by atoms with Gasteiger partial charge in [0.15, 0.2) is 5.11 Å². The van der Waals surface area contributed by atoms with E-state index in [-0.39, 0.29) is 0 Å². The largest absolute Gasteiger partial charge is 0.497 e. The van der Waals surface area contributed by atoms with Gasteiger partial charge in [-0.15, -0.1) is 0 Å². The van der Waals surface area contributed by atoms with E-state index in [1.54, 1.807) is 7.11 Å². The van der Waals surface area contributed by atoms with Gasteiger partial charge in [0, 0.05) is 5.69 Å². The Bertz CT molecular complexity index is 674. The van der Waals surface area contributed by atoms with Gasteiger partial charge in [0.1, 0.15) is 10.8 Å². The summed E-state index contributed by atoms with van der Waals surface area (Å²) >= 11 is 6.46. The van der Waals surface area contributed by atoms with Crippen LogP contribution in [0.5, 0.6) is 5.75 Å². The van der Waals surface area contributed by atoms with Gasteiger partial charge < -0.3 is 15.8 Å². The summed E-state index contributed by atoms with van der Waals surface area (Å²) < 4.78 is 9.30. The molecule has 0 spiro atoms. The van der Waals surface area contributed by atoms with Crippen LogP contribution < -0.4 is 21.2 Å². The normalized spacial score (nSPS) is 11.1. The van der Waals surface area contributed by atoms with Gasteiger partial charge in [-0.3, -0.25) is 5.43 Å². The van der Waals surface area contributed by atoms with Crippen LogP contribution in [0, 0.1) is 6.92 Å². The summed E-state index contributed by atoms with van der Waals surface area (Å²) in [7, 11) is 1.62. The van der Waals surface area contributed by atoms with E-state index in [1.165, 1.54) is 11.5 Å². The van der Waals surface area contributed by atoms with E-state index in [2.05, 4.69) is 20.2 Å². The van der Waals surface area contributed by atoms with Crippen LogP contribution in [-0.4, -0.2) is 22.3 Å². The molecule has 0 amide bonds. The summed E-state index contributed by atoms with van der Waals surface area (Å²) in [5, 5.41) is 8.32. The second-order valence-corrected chi connectivity index (χ2v) is 5.71. The quantitative estimate of drug-likeness (QED) is 0.453. The van der Waals surface area contributed by atoms with E-state index in [9.17, 15) is 0 Å². The molecule has 1 heterocycles. The molecule has 0 saturated heterocycles. The Morgan fingerprint density at radius 2 is 2.05 bits per heavy atom. The zero-order valence-corrected chi connectivity index (χ0v) is 14.1. The maximum Gasteiger partial charge on any atom is 0.191 e. The van der Waals surface area contributed by atoms with Crippen molar-refractivity contribution < 1.29 is 4.74 Å². The average Bonchev–Trinajstić information content (AvgIpc) is 2.85. The van der Waals surface area contributed by atoms with Gasteiger partial charge in [0.25, 0.3) is 0 Å². The number of nitrogens with zero attached hydrogens (tertiary/aromatic N) is 2. The molecule has 6 nitrogen and oxygen atoms in total. The first-order valence-electron chi connectivity index (χ1n) is 6.48. The summed E-state index contributed by atoms with van der Waals surface area (Å²) in [6, 6.07) is 7.43. The molecule has 0 aliphatic carbocycles. The molecule has 0 fully saturated rings. The highest BCUT2D eigenvalue weighted by atomic mass is 32.1. The smallest absolute Gasteiger partial charge is 0.191 e. The number of nitrogens with one attached hydrogen (secondary N) is 2. The first-order chi connectivity index (χ1) is 10.5. The molecule has 0 saturated carbocycles. The molecule has 2 aromatic rings. The fourth-order valence-electron chi connectivity index (χ4n) is 1.85. The molecular weight excluding hydrogens is 318 g/mol. The zero-order valence-electron chi connectivity index (χ0n) is 12.5. The van der Waals surface area contributed by atoms with E-state index in [1.807, 2.05) is 38.1 Å². The van der Waals surface area contributed by atoms with Crippen molar-refractivity contribution >= 4 is 45.3 Å². The molecule has 0 radical (unpaired) electrons. The van der Waals surface area contributed by atoms with Gasteiger partial charge in [-0.1, -0.05) is 0 Å². The Labute approximate surface area is 138 Å². The average molecular weight is 335 g/mol. The Morgan fingerprint density at radius 3 is 2.59 bits per heavy atom. The maximum absolute atomic E-state index is 5.89. The lowest BCUT2D eigenvalue weighted by molar-refractivity contribution is 0.415. The number of hydrazone groups is 1. The number of nitrogens with two attached hydrogens (primary N) is 1. The molecule has 0 aliphatic rings. The monoisotopic (exact) mass is 335 g/mol. The highest BCUT2D eigenvalue weighted by Gasteiger charge is 2.10. The summed E-state index contributed by atoms with van der Waals surface area (Å²) in [4.78, 5) is 0. The number of rotatable bonds is 4. The third-order valence-electron chi connectivity index (χ3n) is 2.92. The number of ether oxygens (including phenoxy) is 1. The zero-order chi connectivity index (χ0) is 16.1. The molecule has 2 rings (SSSR count). The second kappa shape index (κ2) is 7.19. The third-order valence-corrected chi connectivity index (χ3v) is 3.88. The van der Waals surface area contributed by atoms with Crippen LogP contribution in [0.15, 0.2) is 29.4 Å². The molecule has 1 aromatic carbocycles. The van der Waals surface area contributed by atoms with E-state index in [0.717, 1.165) is 28.4 Å². The molecule has 116 valence electrons. The predicted octanol–water partition coefficient (Wildman–Crippen LogP) is 2.75.